The number of aromatic hydroxyl groups is 1. The average molecular weight is 194 g/mol. The number of phenolic OH excluding ortho intramolecular Hbond substituents is 1. The molecule has 0 aliphatic rings. The molecule has 0 amide bonds. The largest absolute Gasteiger partial charge is 0.507 e. The van der Waals surface area contributed by atoms with Crippen LogP contribution in [-0.4, -0.2) is 17.3 Å². The predicted molar refractivity (Wildman–Crippen MR) is 54.4 cm³/mol. The SMILES string of the molecule is C=CC(C)(O)c1ccc(OC)cc1O. The molecule has 3 nitrogen and oxygen atoms in total. The first-order chi connectivity index (χ1) is 6.51. The summed E-state index contributed by atoms with van der Waals surface area (Å²) >= 11 is 0. The van der Waals surface area contributed by atoms with Gasteiger partial charge in [0.25, 0.3) is 0 Å². The van der Waals surface area contributed by atoms with Crippen LogP contribution >= 0.6 is 0 Å². The Morgan fingerprint density at radius 2 is 2.14 bits per heavy atom. The monoisotopic (exact) mass is 194 g/mol. The third kappa shape index (κ3) is 1.88. The molecule has 0 saturated carbocycles. The van der Waals surface area contributed by atoms with E-state index in [9.17, 15) is 10.2 Å². The van der Waals surface area contributed by atoms with Crippen LogP contribution in [0.5, 0.6) is 11.5 Å². The molecule has 76 valence electrons. The van der Waals surface area contributed by atoms with Crippen LogP contribution in [0, 0.1) is 0 Å². The minimum absolute atomic E-state index is 0.00532. The average Bonchev–Trinajstić information content (AvgIpc) is 2.17. The topological polar surface area (TPSA) is 49.7 Å². The molecular formula is C11H14O3. The summed E-state index contributed by atoms with van der Waals surface area (Å²) in [7, 11) is 1.51. The van der Waals surface area contributed by atoms with Gasteiger partial charge in [-0.3, -0.25) is 0 Å². The maximum atomic E-state index is 9.82. The van der Waals surface area contributed by atoms with Gasteiger partial charge in [0.2, 0.25) is 0 Å². The van der Waals surface area contributed by atoms with Crippen molar-refractivity contribution in [2.45, 2.75) is 12.5 Å². The van der Waals surface area contributed by atoms with E-state index in [-0.39, 0.29) is 5.75 Å². The second-order valence-corrected chi connectivity index (χ2v) is 3.23. The second kappa shape index (κ2) is 3.72. The lowest BCUT2D eigenvalue weighted by molar-refractivity contribution is 0.108. The van der Waals surface area contributed by atoms with Crippen molar-refractivity contribution in [3.05, 3.63) is 36.4 Å². The third-order valence-corrected chi connectivity index (χ3v) is 2.15. The second-order valence-electron chi connectivity index (χ2n) is 3.23. The zero-order valence-electron chi connectivity index (χ0n) is 8.32. The molecule has 1 aromatic rings. The Hall–Kier alpha value is -1.48. The number of aliphatic hydroxyl groups is 1. The van der Waals surface area contributed by atoms with Gasteiger partial charge in [-0.15, -0.1) is 0 Å². The van der Waals surface area contributed by atoms with Crippen LogP contribution in [-0.2, 0) is 5.60 Å². The van der Waals surface area contributed by atoms with Crippen molar-refractivity contribution in [1.29, 1.82) is 0 Å². The minimum atomic E-state index is -1.23. The van der Waals surface area contributed by atoms with Crippen LogP contribution in [0.25, 0.3) is 0 Å². The van der Waals surface area contributed by atoms with Gasteiger partial charge in [-0.2, -0.15) is 0 Å². The highest BCUT2D eigenvalue weighted by molar-refractivity contribution is 5.44. The first-order valence-electron chi connectivity index (χ1n) is 4.24. The number of phenols is 1. The highest BCUT2D eigenvalue weighted by Gasteiger charge is 2.22. The van der Waals surface area contributed by atoms with Crippen LogP contribution in [0.2, 0.25) is 0 Å². The van der Waals surface area contributed by atoms with E-state index in [1.54, 1.807) is 19.1 Å². The van der Waals surface area contributed by atoms with Gasteiger partial charge in [-0.25, -0.2) is 0 Å². The number of hydrogen-bond donors (Lipinski definition) is 2. The van der Waals surface area contributed by atoms with E-state index < -0.39 is 5.60 Å². The van der Waals surface area contributed by atoms with Crippen molar-refractivity contribution >= 4 is 0 Å². The Kier molecular flexibility index (Phi) is 2.81. The summed E-state index contributed by atoms with van der Waals surface area (Å²) in [5.41, 5.74) is -0.815. The summed E-state index contributed by atoms with van der Waals surface area (Å²) in [5.74, 6) is 0.542. The summed E-state index contributed by atoms with van der Waals surface area (Å²) in [6, 6.07) is 4.73. The fraction of sp³-hybridized carbons (Fsp3) is 0.273. The molecule has 1 rings (SSSR count). The molecule has 2 N–H and O–H groups in total. The van der Waals surface area contributed by atoms with E-state index in [4.69, 9.17) is 4.74 Å². The molecule has 0 radical (unpaired) electrons. The molecule has 1 unspecified atom stereocenters. The fourth-order valence-corrected chi connectivity index (χ4v) is 1.18. The summed E-state index contributed by atoms with van der Waals surface area (Å²) in [6.45, 7) is 5.06. The fourth-order valence-electron chi connectivity index (χ4n) is 1.18. The maximum absolute atomic E-state index is 9.82. The highest BCUT2D eigenvalue weighted by atomic mass is 16.5. The van der Waals surface area contributed by atoms with Crippen molar-refractivity contribution < 1.29 is 14.9 Å². The van der Waals surface area contributed by atoms with E-state index in [1.807, 2.05) is 0 Å². The van der Waals surface area contributed by atoms with Gasteiger partial charge in [-0.05, 0) is 19.1 Å². The molecule has 1 aromatic carbocycles. The normalized spacial score (nSPS) is 14.5. The lowest BCUT2D eigenvalue weighted by atomic mass is 9.95. The Bertz CT molecular complexity index is 342. The molecule has 0 heterocycles. The Morgan fingerprint density at radius 3 is 2.57 bits per heavy atom. The number of methoxy groups -OCH3 is 1. The first kappa shape index (κ1) is 10.6. The lowest BCUT2D eigenvalue weighted by Crippen LogP contribution is -2.17. The van der Waals surface area contributed by atoms with E-state index in [1.165, 1.54) is 19.3 Å². The van der Waals surface area contributed by atoms with Crippen LogP contribution < -0.4 is 4.74 Å². The molecule has 0 fully saturated rings. The molecular weight excluding hydrogens is 180 g/mol. The van der Waals surface area contributed by atoms with E-state index >= 15 is 0 Å². The van der Waals surface area contributed by atoms with Gasteiger partial charge < -0.3 is 14.9 Å². The molecule has 1 atom stereocenters. The van der Waals surface area contributed by atoms with Crippen molar-refractivity contribution in [2.75, 3.05) is 7.11 Å². The van der Waals surface area contributed by atoms with E-state index in [0.717, 1.165) is 0 Å². The van der Waals surface area contributed by atoms with Gasteiger partial charge in [0, 0.05) is 11.6 Å². The summed E-state index contributed by atoms with van der Waals surface area (Å²) in [4.78, 5) is 0. The molecule has 0 aliphatic heterocycles. The van der Waals surface area contributed by atoms with Crippen molar-refractivity contribution in [3.8, 4) is 11.5 Å². The van der Waals surface area contributed by atoms with E-state index in [0.29, 0.717) is 11.3 Å². The molecule has 0 saturated heterocycles. The maximum Gasteiger partial charge on any atom is 0.125 e. The van der Waals surface area contributed by atoms with Gasteiger partial charge >= 0.3 is 0 Å². The van der Waals surface area contributed by atoms with Crippen LogP contribution in [0.4, 0.5) is 0 Å². The number of ether oxygens (including phenoxy) is 1. The lowest BCUT2D eigenvalue weighted by Gasteiger charge is -2.20. The zero-order valence-corrected chi connectivity index (χ0v) is 8.32. The quantitative estimate of drug-likeness (QED) is 0.721. The molecule has 14 heavy (non-hydrogen) atoms. The van der Waals surface area contributed by atoms with E-state index in [2.05, 4.69) is 6.58 Å². The Balaban J connectivity index is 3.18. The standard InChI is InChI=1S/C11H14O3/c1-4-11(2,13)9-6-5-8(14-3)7-10(9)12/h4-7,12-13H,1H2,2-3H3. The van der Waals surface area contributed by atoms with Crippen molar-refractivity contribution in [3.63, 3.8) is 0 Å². The smallest absolute Gasteiger partial charge is 0.125 e. The Morgan fingerprint density at radius 1 is 1.50 bits per heavy atom. The third-order valence-electron chi connectivity index (χ3n) is 2.15. The molecule has 0 bridgehead atoms. The number of hydrogen-bond acceptors (Lipinski definition) is 3. The van der Waals surface area contributed by atoms with Crippen molar-refractivity contribution in [2.24, 2.45) is 0 Å². The number of benzene rings is 1. The molecule has 0 spiro atoms. The van der Waals surface area contributed by atoms with Gasteiger partial charge in [0.15, 0.2) is 0 Å². The van der Waals surface area contributed by atoms with Crippen molar-refractivity contribution in [1.82, 2.24) is 0 Å². The van der Waals surface area contributed by atoms with Crippen LogP contribution in [0.1, 0.15) is 12.5 Å². The van der Waals surface area contributed by atoms with Gasteiger partial charge in [0.1, 0.15) is 17.1 Å². The molecule has 0 aromatic heterocycles. The molecule has 0 aliphatic carbocycles. The minimum Gasteiger partial charge on any atom is -0.507 e. The van der Waals surface area contributed by atoms with Gasteiger partial charge in [-0.1, -0.05) is 12.7 Å². The molecule has 3 heteroatoms. The highest BCUT2D eigenvalue weighted by Crippen LogP contribution is 2.32. The van der Waals surface area contributed by atoms with Crippen LogP contribution in [0.3, 0.4) is 0 Å². The summed E-state index contributed by atoms with van der Waals surface area (Å²) in [5, 5.41) is 19.4. The summed E-state index contributed by atoms with van der Waals surface area (Å²) < 4.78 is 4.93. The zero-order chi connectivity index (χ0) is 10.8. The van der Waals surface area contributed by atoms with Gasteiger partial charge in [0.05, 0.1) is 7.11 Å². The predicted octanol–water partition coefficient (Wildman–Crippen LogP) is 1.79. The number of rotatable bonds is 3. The Labute approximate surface area is 83.3 Å². The van der Waals surface area contributed by atoms with Crippen LogP contribution in [0.15, 0.2) is 30.9 Å². The first-order valence-corrected chi connectivity index (χ1v) is 4.24. The summed E-state index contributed by atoms with van der Waals surface area (Å²) in [6.07, 6.45) is 1.37.